The molecule has 4 bridgehead atoms. The number of hydrogen-bond donors (Lipinski definition) is 17. The molecule has 18 atom stereocenters. The fraction of sp³-hybridized carbons (Fsp3) is 0.517. The van der Waals surface area contributed by atoms with E-state index in [0.29, 0.717) is 46.1 Å². The van der Waals surface area contributed by atoms with Crippen LogP contribution in [0.1, 0.15) is 109 Å². The van der Waals surface area contributed by atoms with Gasteiger partial charge in [0, 0.05) is 112 Å². The number of ether oxygens (including phenoxy) is 5. The van der Waals surface area contributed by atoms with Gasteiger partial charge in [0.15, 0.2) is 5.72 Å². The van der Waals surface area contributed by atoms with Gasteiger partial charge in [0.05, 0.1) is 37.5 Å². The third-order valence-electron chi connectivity index (χ3n) is 23.0. The van der Waals surface area contributed by atoms with Gasteiger partial charge in [-0.25, -0.2) is 14.4 Å². The van der Waals surface area contributed by atoms with Crippen LogP contribution < -0.4 is 73.9 Å². The number of aromatic amines is 1. The van der Waals surface area contributed by atoms with E-state index in [1.807, 2.05) is 13.0 Å². The van der Waals surface area contributed by atoms with Gasteiger partial charge in [-0.15, -0.1) is 0 Å². The number of carbonyl (C=O) groups is 13. The number of urea groups is 1. The smallest absolute Gasteiger partial charge is 0.409 e. The Morgan fingerprint density at radius 2 is 1.47 bits per heavy atom. The van der Waals surface area contributed by atoms with E-state index in [4.69, 9.17) is 41.0 Å². The largest absolute Gasteiger partial charge is 0.508 e. The molecule has 714 valence electrons. The lowest BCUT2D eigenvalue weighted by atomic mass is 9.83. The first-order valence-corrected chi connectivity index (χ1v) is 48.5. The lowest BCUT2D eigenvalue weighted by Gasteiger charge is -2.42. The zero-order valence-corrected chi connectivity index (χ0v) is 78.9. The van der Waals surface area contributed by atoms with Crippen molar-refractivity contribution in [1.82, 2.24) is 68.4 Å². The number of nitrogens with two attached hydrogens (primary N) is 1. The number of unbranched alkanes of at least 4 members (excludes halogenated alkanes) is 1. The predicted octanol–water partition coefficient (Wildman–Crippen LogP) is 3.68. The van der Waals surface area contributed by atoms with Crippen molar-refractivity contribution in [2.75, 3.05) is 75.9 Å². The molecular weight excluding hydrogens is 1790 g/mol. The van der Waals surface area contributed by atoms with E-state index in [0.717, 1.165) is 32.7 Å². The number of nitrogens with zero attached hydrogens (tertiary/aromatic N) is 2. The van der Waals surface area contributed by atoms with Crippen LogP contribution in [0, 0.1) is 5.92 Å². The molecule has 4 aliphatic heterocycles. The van der Waals surface area contributed by atoms with Crippen molar-refractivity contribution in [3.8, 4) is 11.5 Å². The van der Waals surface area contributed by atoms with Crippen molar-refractivity contribution < 1.29 is 106 Å². The number of anilines is 1. The number of aromatic hydroxyl groups is 1. The number of phenolic OH excluding ortho intramolecular Hbond substituents is 1. The highest BCUT2D eigenvalue weighted by atomic mass is 35.5. The molecule has 4 aliphatic rings. The number of aromatic nitrogens is 1. The van der Waals surface area contributed by atoms with Gasteiger partial charge in [0.1, 0.15) is 94.8 Å². The number of alkyl carbamates (subject to hydrolysis) is 1. The van der Waals surface area contributed by atoms with E-state index in [-0.39, 0.29) is 98.4 Å². The minimum Gasteiger partial charge on any atom is -0.508 e. The topological polar surface area (TPSA) is 533 Å². The standard InChI is InChI=1S/C89H120ClN15O22S4/c1-12-92-86(120)100-62(38-53-22-14-13-15-23-53)79(113)98-64-46-130-131-47-65(99-84(118)75(52(6)107)102-77(111)60(26-18-19-33-91)95-80(114)63(42-56-45-94-59-25-17-16-24-58(56)59)97-78(112)61(96-81(64)115)39-54-28-30-57(108)31-29-54)82(116)101-74(51(5)106)83(117)93-34-36-129-128-35-32-71(109)104(8)50(4)85(119)126-70-43-72(110)105(9)66-40-55(41-67(123-10)73(66)90)37-48(2)21-20-27-69(124-11)89(122)44-68(125-87(121)103-89)49(3)76-88(70,7)127-76/h13-17,20-25,27-31,40-41,45,49-52,60-65,68-70,74-76,94,106-108,122H,12,18-19,26,32-39,42-44,46-47,91H2,1-11H3,(H,93,117)(H,95,114)(H,96,115)(H,97,112)(H,98,113)(H,99,118)(H,101,116)(H,102,111)(H,103,121)(H2,92,100,120)/b27-20+,48-21+/t49-,50+,51-,52-,60+,61+,62-,63-,64+,65+,68+,69-,70+,74+,75+,76+,88+,89+/m1/s1. The first-order valence-electron chi connectivity index (χ1n) is 43.1. The Bertz CT molecular complexity index is 4910. The highest BCUT2D eigenvalue weighted by Gasteiger charge is 2.65. The lowest BCUT2D eigenvalue weighted by Crippen LogP contribution is -2.63. The summed E-state index contributed by atoms with van der Waals surface area (Å²) in [5.74, 6) is -10.4. The maximum atomic E-state index is 15.2. The van der Waals surface area contributed by atoms with Crippen LogP contribution >= 0.6 is 54.8 Å². The molecule has 5 heterocycles. The summed E-state index contributed by atoms with van der Waals surface area (Å²) in [4.78, 5) is 194. The second kappa shape index (κ2) is 49.4. The molecule has 131 heavy (non-hydrogen) atoms. The number of amides is 13. The zero-order valence-electron chi connectivity index (χ0n) is 74.8. The second-order valence-electron chi connectivity index (χ2n) is 32.9. The minimum absolute atomic E-state index is 0.0561. The van der Waals surface area contributed by atoms with E-state index in [9.17, 15) is 68.4 Å². The molecule has 4 aromatic carbocycles. The van der Waals surface area contributed by atoms with Crippen LogP contribution in [-0.2, 0) is 97.4 Å². The predicted molar refractivity (Wildman–Crippen MR) is 498 cm³/mol. The number of aliphatic hydroxyl groups excluding tert-OH is 2. The Kier molecular flexibility index (Phi) is 39.4. The van der Waals surface area contributed by atoms with E-state index in [1.165, 1.54) is 105 Å². The minimum atomic E-state index is -1.94. The van der Waals surface area contributed by atoms with Gasteiger partial charge in [0.25, 0.3) is 0 Å². The number of aliphatic hydroxyl groups is 3. The molecule has 0 spiro atoms. The van der Waals surface area contributed by atoms with Crippen molar-refractivity contribution >= 4 is 149 Å². The number of allylic oxidation sites excluding steroid dienone is 3. The Morgan fingerprint density at radius 3 is 2.16 bits per heavy atom. The molecule has 18 N–H and O–H groups in total. The normalized spacial score (nSPS) is 25.6. The number of epoxide rings is 1. The summed E-state index contributed by atoms with van der Waals surface area (Å²) in [6.07, 6.45) is -1.90. The van der Waals surface area contributed by atoms with E-state index in [2.05, 4.69) is 63.5 Å². The lowest BCUT2D eigenvalue weighted by molar-refractivity contribution is -0.162. The number of hydrogen-bond acceptors (Lipinski definition) is 27. The Labute approximate surface area is 780 Å². The Balaban J connectivity index is 0.890. The monoisotopic (exact) mass is 1910 g/mol. The number of para-hydroxylation sites is 1. The molecule has 3 saturated heterocycles. The van der Waals surface area contributed by atoms with E-state index >= 15 is 14.4 Å². The van der Waals surface area contributed by atoms with Crippen molar-refractivity contribution in [3.63, 3.8) is 0 Å². The molecule has 0 unspecified atom stereocenters. The number of benzene rings is 4. The summed E-state index contributed by atoms with van der Waals surface area (Å²) in [7, 11) is 10.1. The third kappa shape index (κ3) is 29.3. The van der Waals surface area contributed by atoms with Crippen LogP contribution in [-0.4, -0.2) is 281 Å². The number of esters is 1. The van der Waals surface area contributed by atoms with Crippen molar-refractivity contribution in [1.29, 1.82) is 0 Å². The quantitative estimate of drug-likeness (QED) is 0.0130. The number of likely N-dealkylation sites (N-methyl/N-ethyl adjacent to an activating group) is 1. The fourth-order valence-corrected chi connectivity index (χ4v) is 19.8. The van der Waals surface area contributed by atoms with Gasteiger partial charge in [-0.3, -0.25) is 53.3 Å². The molecule has 5 aromatic rings. The van der Waals surface area contributed by atoms with Gasteiger partial charge in [-0.05, 0) is 126 Å². The van der Waals surface area contributed by atoms with Gasteiger partial charge in [-0.1, -0.05) is 146 Å². The molecule has 9 rings (SSSR count). The average molecular weight is 1920 g/mol. The molecule has 3 fully saturated rings. The highest BCUT2D eigenvalue weighted by Crippen LogP contribution is 2.50. The van der Waals surface area contributed by atoms with Crippen molar-refractivity contribution in [2.45, 2.75) is 215 Å². The average Bonchev–Trinajstić information content (AvgIpc) is 1.57. The number of methoxy groups -OCH3 is 2. The fourth-order valence-electron chi connectivity index (χ4n) is 15.2. The van der Waals surface area contributed by atoms with Gasteiger partial charge < -0.3 is 118 Å². The SMILES string of the molecule is CCNC(=O)N[C@H](Cc1ccccc1)C(=O)N[C@H]1CSSC[C@@H](C(=O)N[C@H](C(=O)NCCSSCCC(=O)N(C)[C@@H](C)C(=O)O[C@H]2CC(=O)N(C)c3cc(cc(OC)c3Cl)C/C(C)=C/C=C/[C@@H](OC)[C@@]3(O)C[C@H](OC(=O)N3)[C@@H](C)[C@@H]3O[C@@]23C)[C@@H](C)O)NC(=O)[C@H]([C@@H](C)O)NC(=O)[C@H](CCCCN)NC(=O)[C@@H](Cc2c[nH]c3ccccc23)NC(=O)[C@H](Cc2ccc(O)cc2)NC1=O. The Hall–Kier alpha value is -10.3. The first-order chi connectivity index (χ1) is 62.4. The molecule has 37 nitrogen and oxygen atoms in total. The number of nitrogens with one attached hydrogen (secondary N) is 12. The Morgan fingerprint density at radius 1 is 0.802 bits per heavy atom. The summed E-state index contributed by atoms with van der Waals surface area (Å²) in [6.45, 7) is 11.1. The zero-order chi connectivity index (χ0) is 95.6. The molecule has 1 aromatic heterocycles. The molecule has 42 heteroatoms. The number of phenols is 1. The molecular formula is C89H120ClN15O22S4. The van der Waals surface area contributed by atoms with Crippen LogP contribution in [0.4, 0.5) is 15.3 Å². The third-order valence-corrected chi connectivity index (χ3v) is 28.2. The highest BCUT2D eigenvalue weighted by molar-refractivity contribution is 8.77. The van der Waals surface area contributed by atoms with Crippen molar-refractivity contribution in [2.24, 2.45) is 11.7 Å². The van der Waals surface area contributed by atoms with Crippen LogP contribution in [0.5, 0.6) is 11.5 Å². The number of fused-ring (bicyclic) bond motifs is 6. The van der Waals surface area contributed by atoms with Crippen LogP contribution in [0.2, 0.25) is 5.02 Å². The van der Waals surface area contributed by atoms with Crippen LogP contribution in [0.25, 0.3) is 10.9 Å². The van der Waals surface area contributed by atoms with Gasteiger partial charge in [-0.2, -0.15) is 0 Å². The molecule has 0 saturated carbocycles. The molecule has 13 amide bonds. The summed E-state index contributed by atoms with van der Waals surface area (Å²) in [6, 6.07) is 10.5. The molecule has 0 aliphatic carbocycles. The first kappa shape index (κ1) is 104. The second-order valence-corrected chi connectivity index (χ2v) is 38.5. The molecule has 0 radical (unpaired) electrons. The number of halogens is 1. The number of rotatable bonds is 31. The van der Waals surface area contributed by atoms with Gasteiger partial charge >= 0.3 is 18.1 Å². The number of carbonyl (C=O) groups excluding carboxylic acids is 13. The summed E-state index contributed by atoms with van der Waals surface area (Å²) in [5.41, 5.74) is 6.74. The van der Waals surface area contributed by atoms with Gasteiger partial charge in [0.2, 0.25) is 59.1 Å². The summed E-state index contributed by atoms with van der Waals surface area (Å²) >= 11 is 6.89. The summed E-state index contributed by atoms with van der Waals surface area (Å²) < 4.78 is 29.7. The number of H-pyrrole nitrogens is 1. The van der Waals surface area contributed by atoms with Crippen LogP contribution in [0.15, 0.2) is 121 Å². The van der Waals surface area contributed by atoms with Crippen LogP contribution in [0.3, 0.4) is 0 Å². The van der Waals surface area contributed by atoms with E-state index < -0.39 is 198 Å². The van der Waals surface area contributed by atoms with Crippen molar-refractivity contribution in [3.05, 3.63) is 148 Å². The van der Waals surface area contributed by atoms with E-state index in [1.54, 1.807) is 106 Å². The maximum absolute atomic E-state index is 15.2. The summed E-state index contributed by atoms with van der Waals surface area (Å²) in [5, 5.41) is 74.9. The maximum Gasteiger partial charge on any atom is 0.409 e.